The number of aromatic hydroxyl groups is 1. The normalized spacial score (nSPS) is 19.3. The molecule has 0 aliphatic carbocycles. The molecule has 3 heterocycles. The molecule has 4 rings (SSSR count). The minimum atomic E-state index is -0.570. The highest BCUT2D eigenvalue weighted by Crippen LogP contribution is 2.43. The van der Waals surface area contributed by atoms with Crippen LogP contribution in [0.15, 0.2) is 12.1 Å². The Morgan fingerprint density at radius 3 is 2.85 bits per heavy atom. The first-order valence-corrected chi connectivity index (χ1v) is 10.1. The predicted molar refractivity (Wildman–Crippen MR) is 107 cm³/mol. The van der Waals surface area contributed by atoms with Crippen LogP contribution in [0.2, 0.25) is 5.02 Å². The number of hydrogen-bond donors (Lipinski definition) is 3. The molecule has 6 nitrogen and oxygen atoms in total. The predicted octanol–water partition coefficient (Wildman–Crippen LogP) is 3.74. The number of phenolic OH excluding ortho intramolecular Hbond substituents is 1. The average molecular weight is 408 g/mol. The summed E-state index contributed by atoms with van der Waals surface area (Å²) >= 11 is 7.77. The van der Waals surface area contributed by atoms with Gasteiger partial charge in [-0.2, -0.15) is 0 Å². The molecule has 2 aliphatic rings. The number of benzene rings is 1. The van der Waals surface area contributed by atoms with E-state index >= 15 is 0 Å². The fourth-order valence-corrected chi connectivity index (χ4v) is 5.22. The van der Waals surface area contributed by atoms with Gasteiger partial charge in [-0.3, -0.25) is 9.69 Å². The van der Waals surface area contributed by atoms with Crippen molar-refractivity contribution in [2.75, 3.05) is 19.0 Å². The van der Waals surface area contributed by atoms with E-state index in [-0.39, 0.29) is 17.4 Å². The maximum absolute atomic E-state index is 12.9. The number of nitrogens with zero attached hydrogens (tertiary/aromatic N) is 1. The zero-order valence-corrected chi connectivity index (χ0v) is 17.0. The second kappa shape index (κ2) is 6.89. The van der Waals surface area contributed by atoms with Crippen molar-refractivity contribution < 1.29 is 14.6 Å². The summed E-state index contributed by atoms with van der Waals surface area (Å²) in [6.45, 7) is 6.20. The molecule has 3 N–H and O–H groups in total. The number of thiophene rings is 1. The Bertz CT molecular complexity index is 912. The molecule has 0 saturated heterocycles. The molecule has 1 aromatic carbocycles. The lowest BCUT2D eigenvalue weighted by Gasteiger charge is -2.31. The quantitative estimate of drug-likeness (QED) is 0.722. The Morgan fingerprint density at radius 2 is 2.15 bits per heavy atom. The van der Waals surface area contributed by atoms with Crippen molar-refractivity contribution in [3.05, 3.63) is 38.7 Å². The molecule has 0 saturated carbocycles. The monoisotopic (exact) mass is 407 g/mol. The molecule has 0 bridgehead atoms. The second-order valence-electron chi connectivity index (χ2n) is 7.12. The zero-order valence-electron chi connectivity index (χ0n) is 15.4. The van der Waals surface area contributed by atoms with Crippen molar-refractivity contribution in [2.45, 2.75) is 39.0 Å². The van der Waals surface area contributed by atoms with Gasteiger partial charge in [0.2, 0.25) is 0 Å². The molecule has 2 aromatic rings. The van der Waals surface area contributed by atoms with E-state index in [2.05, 4.69) is 29.4 Å². The van der Waals surface area contributed by atoms with E-state index in [0.29, 0.717) is 16.6 Å². The first-order chi connectivity index (χ1) is 12.9. The van der Waals surface area contributed by atoms with Crippen molar-refractivity contribution >= 4 is 33.8 Å². The first-order valence-electron chi connectivity index (χ1n) is 8.91. The Hall–Kier alpha value is -1.96. The first kappa shape index (κ1) is 18.4. The molecular formula is C19H22ClN3O3S. The van der Waals surface area contributed by atoms with Gasteiger partial charge in [0.05, 0.1) is 12.7 Å². The number of ether oxygens (including phenoxy) is 1. The molecule has 27 heavy (non-hydrogen) atoms. The minimum absolute atomic E-state index is 0.0320. The van der Waals surface area contributed by atoms with E-state index in [0.717, 1.165) is 35.6 Å². The van der Waals surface area contributed by atoms with Gasteiger partial charge in [0, 0.05) is 40.7 Å². The Morgan fingerprint density at radius 1 is 1.37 bits per heavy atom. The van der Waals surface area contributed by atoms with E-state index < -0.39 is 6.17 Å². The van der Waals surface area contributed by atoms with Gasteiger partial charge in [-0.25, -0.2) is 0 Å². The van der Waals surface area contributed by atoms with Crippen LogP contribution in [0.5, 0.6) is 11.5 Å². The fourth-order valence-electron chi connectivity index (χ4n) is 3.70. The molecule has 0 spiro atoms. The number of anilines is 1. The number of carbonyl (C=O) groups is 1. The van der Waals surface area contributed by atoms with Crippen LogP contribution in [-0.2, 0) is 13.0 Å². The second-order valence-corrected chi connectivity index (χ2v) is 8.66. The summed E-state index contributed by atoms with van der Waals surface area (Å²) in [5.41, 5.74) is 2.36. The van der Waals surface area contributed by atoms with Crippen molar-refractivity contribution in [1.29, 1.82) is 0 Å². The fraction of sp³-hybridized carbons (Fsp3) is 0.421. The highest BCUT2D eigenvalue weighted by Gasteiger charge is 2.34. The third kappa shape index (κ3) is 3.13. The molecule has 144 valence electrons. The molecular weight excluding hydrogens is 386 g/mol. The van der Waals surface area contributed by atoms with Crippen LogP contribution in [0.25, 0.3) is 0 Å². The smallest absolute Gasteiger partial charge is 0.256 e. The number of fused-ring (bicyclic) bond motifs is 3. The summed E-state index contributed by atoms with van der Waals surface area (Å²) in [5, 5.41) is 18.1. The number of rotatable bonds is 3. The number of halogens is 1. The lowest BCUT2D eigenvalue weighted by molar-refractivity contribution is 0.0934. The number of phenols is 1. The van der Waals surface area contributed by atoms with Crippen molar-refractivity contribution in [1.82, 2.24) is 10.2 Å². The molecule has 1 amide bonds. The van der Waals surface area contributed by atoms with Gasteiger partial charge in [0.25, 0.3) is 5.91 Å². The minimum Gasteiger partial charge on any atom is -0.504 e. The van der Waals surface area contributed by atoms with E-state index in [9.17, 15) is 9.90 Å². The molecule has 1 atom stereocenters. The molecule has 1 aromatic heterocycles. The highest BCUT2D eigenvalue weighted by molar-refractivity contribution is 7.16. The highest BCUT2D eigenvalue weighted by atomic mass is 35.5. The number of carbonyl (C=O) groups excluding carboxylic acids is 1. The van der Waals surface area contributed by atoms with Gasteiger partial charge >= 0.3 is 0 Å². The van der Waals surface area contributed by atoms with Gasteiger partial charge in [0.15, 0.2) is 11.5 Å². The summed E-state index contributed by atoms with van der Waals surface area (Å²) in [7, 11) is 1.47. The Balaban J connectivity index is 1.69. The van der Waals surface area contributed by atoms with Crippen LogP contribution in [0.1, 0.15) is 46.4 Å². The number of amides is 1. The lowest BCUT2D eigenvalue weighted by atomic mass is 9.99. The number of methoxy groups -OCH3 is 1. The summed E-state index contributed by atoms with van der Waals surface area (Å²) in [6, 6.07) is 3.65. The SMILES string of the molecule is COc1cc(Cl)cc(C2NC(=O)c3c(sc4c3CCN(C(C)C)C4)N2)c1O. The van der Waals surface area contributed by atoms with E-state index in [1.54, 1.807) is 23.5 Å². The van der Waals surface area contributed by atoms with Gasteiger partial charge < -0.3 is 20.5 Å². The van der Waals surface area contributed by atoms with Crippen molar-refractivity contribution in [2.24, 2.45) is 0 Å². The Kier molecular flexibility index (Phi) is 4.70. The largest absolute Gasteiger partial charge is 0.504 e. The van der Waals surface area contributed by atoms with Gasteiger partial charge in [-0.05, 0) is 31.9 Å². The maximum Gasteiger partial charge on any atom is 0.256 e. The van der Waals surface area contributed by atoms with Crippen LogP contribution in [0, 0.1) is 0 Å². The summed E-state index contributed by atoms with van der Waals surface area (Å²) in [5.74, 6) is 0.121. The number of hydrogen-bond acceptors (Lipinski definition) is 6. The van der Waals surface area contributed by atoms with Crippen molar-refractivity contribution in [3.8, 4) is 11.5 Å². The van der Waals surface area contributed by atoms with Crippen LogP contribution < -0.4 is 15.4 Å². The molecule has 0 radical (unpaired) electrons. The molecule has 1 unspecified atom stereocenters. The summed E-state index contributed by atoms with van der Waals surface area (Å²) in [4.78, 5) is 16.5. The summed E-state index contributed by atoms with van der Waals surface area (Å²) < 4.78 is 5.18. The topological polar surface area (TPSA) is 73.8 Å². The van der Waals surface area contributed by atoms with Crippen LogP contribution in [-0.4, -0.2) is 35.6 Å². The molecule has 8 heteroatoms. The third-order valence-corrected chi connectivity index (χ3v) is 6.56. The summed E-state index contributed by atoms with van der Waals surface area (Å²) in [6.07, 6.45) is 0.300. The maximum atomic E-state index is 12.9. The van der Waals surface area contributed by atoms with Gasteiger partial charge in [-0.15, -0.1) is 11.3 Å². The van der Waals surface area contributed by atoms with Crippen LogP contribution in [0.3, 0.4) is 0 Å². The van der Waals surface area contributed by atoms with Crippen LogP contribution >= 0.6 is 22.9 Å². The van der Waals surface area contributed by atoms with Gasteiger partial charge in [-0.1, -0.05) is 11.6 Å². The Labute approximate surface area is 167 Å². The van der Waals surface area contributed by atoms with E-state index in [1.165, 1.54) is 12.0 Å². The third-order valence-electron chi connectivity index (χ3n) is 5.19. The average Bonchev–Trinajstić information content (AvgIpc) is 3.01. The lowest BCUT2D eigenvalue weighted by Crippen LogP contribution is -2.39. The molecule has 2 aliphatic heterocycles. The standard InChI is InChI=1S/C19H22ClN3O3S/c1-9(2)23-5-4-11-14(8-23)27-19-15(11)18(25)21-17(22-19)12-6-10(20)7-13(26-3)16(12)24/h6-7,9,17,22,24H,4-5,8H2,1-3H3,(H,21,25). The van der Waals surface area contributed by atoms with Crippen molar-refractivity contribution in [3.63, 3.8) is 0 Å². The number of nitrogens with one attached hydrogen (secondary N) is 2. The van der Waals surface area contributed by atoms with E-state index in [4.69, 9.17) is 16.3 Å². The molecule has 0 fully saturated rings. The van der Waals surface area contributed by atoms with E-state index in [1.807, 2.05) is 0 Å². The van der Waals surface area contributed by atoms with Crippen LogP contribution in [0.4, 0.5) is 5.00 Å². The van der Waals surface area contributed by atoms with Gasteiger partial charge in [0.1, 0.15) is 11.2 Å². The zero-order chi connectivity index (χ0) is 19.3.